The molecule has 0 radical (unpaired) electrons. The van der Waals surface area contributed by atoms with Gasteiger partial charge in [0.2, 0.25) is 0 Å². The fourth-order valence-corrected chi connectivity index (χ4v) is 1.78. The van der Waals surface area contributed by atoms with Crippen LogP contribution >= 0.6 is 0 Å². The standard InChI is InChI=1S/C16H16FNO4/c17-14-6-2-1-4-12(14)10-18-15(19)11-22-16(20)8-7-13-5-3-9-21-13/h1-6,9H,7-8,10-11H2,(H,18,19). The number of halogens is 1. The molecule has 0 aliphatic carbocycles. The van der Waals surface area contributed by atoms with Crippen molar-refractivity contribution >= 4 is 11.9 Å². The number of aryl methyl sites for hydroxylation is 1. The molecule has 0 saturated heterocycles. The number of furan rings is 1. The van der Waals surface area contributed by atoms with Gasteiger partial charge >= 0.3 is 5.97 Å². The first kappa shape index (κ1) is 15.8. The van der Waals surface area contributed by atoms with Gasteiger partial charge in [-0.15, -0.1) is 0 Å². The zero-order valence-corrected chi connectivity index (χ0v) is 11.9. The van der Waals surface area contributed by atoms with Crippen molar-refractivity contribution in [3.05, 3.63) is 59.8 Å². The van der Waals surface area contributed by atoms with Crippen LogP contribution in [-0.2, 0) is 27.3 Å². The van der Waals surface area contributed by atoms with Gasteiger partial charge in [-0.25, -0.2) is 4.39 Å². The molecule has 0 saturated carbocycles. The van der Waals surface area contributed by atoms with Gasteiger partial charge in [0.1, 0.15) is 11.6 Å². The molecule has 0 bridgehead atoms. The Morgan fingerprint density at radius 1 is 1.18 bits per heavy atom. The number of ether oxygens (including phenoxy) is 1. The third kappa shape index (κ3) is 5.05. The Morgan fingerprint density at radius 2 is 2.00 bits per heavy atom. The van der Waals surface area contributed by atoms with Gasteiger partial charge in [-0.3, -0.25) is 9.59 Å². The van der Waals surface area contributed by atoms with E-state index in [-0.39, 0.29) is 19.6 Å². The van der Waals surface area contributed by atoms with Crippen LogP contribution in [0.25, 0.3) is 0 Å². The van der Waals surface area contributed by atoms with Crippen LogP contribution in [0, 0.1) is 5.82 Å². The number of rotatable bonds is 7. The lowest BCUT2D eigenvalue weighted by Crippen LogP contribution is -2.28. The number of benzene rings is 1. The molecule has 1 amide bonds. The Morgan fingerprint density at radius 3 is 2.73 bits per heavy atom. The average Bonchev–Trinajstić information content (AvgIpc) is 3.03. The average molecular weight is 305 g/mol. The van der Waals surface area contributed by atoms with Crippen molar-refractivity contribution in [1.29, 1.82) is 0 Å². The first-order valence-electron chi connectivity index (χ1n) is 6.83. The van der Waals surface area contributed by atoms with E-state index in [0.29, 0.717) is 17.7 Å². The van der Waals surface area contributed by atoms with Crippen molar-refractivity contribution in [2.75, 3.05) is 6.61 Å². The highest BCUT2D eigenvalue weighted by molar-refractivity contribution is 5.80. The van der Waals surface area contributed by atoms with Crippen LogP contribution in [0.3, 0.4) is 0 Å². The molecule has 116 valence electrons. The number of hydrogen-bond acceptors (Lipinski definition) is 4. The summed E-state index contributed by atoms with van der Waals surface area (Å²) in [5.41, 5.74) is 0.375. The summed E-state index contributed by atoms with van der Waals surface area (Å²) in [4.78, 5) is 23.0. The van der Waals surface area contributed by atoms with Gasteiger partial charge in [0, 0.05) is 18.5 Å². The third-order valence-corrected chi connectivity index (χ3v) is 2.95. The minimum Gasteiger partial charge on any atom is -0.469 e. The summed E-state index contributed by atoms with van der Waals surface area (Å²) in [7, 11) is 0. The van der Waals surface area contributed by atoms with Gasteiger partial charge in [-0.1, -0.05) is 18.2 Å². The zero-order chi connectivity index (χ0) is 15.8. The second-order valence-electron chi connectivity index (χ2n) is 4.61. The molecule has 0 aliphatic heterocycles. The van der Waals surface area contributed by atoms with Crippen LogP contribution in [0.1, 0.15) is 17.7 Å². The molecule has 1 heterocycles. The van der Waals surface area contributed by atoms with Crippen LogP contribution in [0.5, 0.6) is 0 Å². The van der Waals surface area contributed by atoms with E-state index in [1.807, 2.05) is 0 Å². The molecular weight excluding hydrogens is 289 g/mol. The second-order valence-corrected chi connectivity index (χ2v) is 4.61. The van der Waals surface area contributed by atoms with E-state index < -0.39 is 17.7 Å². The van der Waals surface area contributed by atoms with Gasteiger partial charge < -0.3 is 14.5 Å². The number of nitrogens with one attached hydrogen (secondary N) is 1. The molecule has 22 heavy (non-hydrogen) atoms. The fourth-order valence-electron chi connectivity index (χ4n) is 1.78. The van der Waals surface area contributed by atoms with Crippen LogP contribution in [0.15, 0.2) is 47.1 Å². The Balaban J connectivity index is 1.65. The number of hydrogen-bond donors (Lipinski definition) is 1. The van der Waals surface area contributed by atoms with Crippen molar-refractivity contribution < 1.29 is 23.1 Å². The van der Waals surface area contributed by atoms with Crippen molar-refractivity contribution in [3.8, 4) is 0 Å². The van der Waals surface area contributed by atoms with E-state index in [1.54, 1.807) is 30.3 Å². The van der Waals surface area contributed by atoms with Gasteiger partial charge in [0.25, 0.3) is 5.91 Å². The molecule has 1 aromatic heterocycles. The number of esters is 1. The normalized spacial score (nSPS) is 10.2. The minimum absolute atomic E-state index is 0.0510. The van der Waals surface area contributed by atoms with Gasteiger partial charge in [0.05, 0.1) is 12.7 Å². The number of carbonyl (C=O) groups is 2. The molecule has 0 atom stereocenters. The first-order valence-corrected chi connectivity index (χ1v) is 6.83. The summed E-state index contributed by atoms with van der Waals surface area (Å²) < 4.78 is 23.3. The molecule has 6 heteroatoms. The summed E-state index contributed by atoms with van der Waals surface area (Å²) >= 11 is 0. The monoisotopic (exact) mass is 305 g/mol. The maximum Gasteiger partial charge on any atom is 0.306 e. The highest BCUT2D eigenvalue weighted by atomic mass is 19.1. The van der Waals surface area contributed by atoms with E-state index in [4.69, 9.17) is 9.15 Å². The number of amides is 1. The van der Waals surface area contributed by atoms with Crippen LogP contribution < -0.4 is 5.32 Å². The molecular formula is C16H16FNO4. The summed E-state index contributed by atoms with van der Waals surface area (Å²) in [5, 5.41) is 2.49. The van der Waals surface area contributed by atoms with Crippen molar-refractivity contribution in [1.82, 2.24) is 5.32 Å². The van der Waals surface area contributed by atoms with E-state index in [9.17, 15) is 14.0 Å². The summed E-state index contributed by atoms with van der Waals surface area (Å²) in [5.74, 6) is -0.675. The SMILES string of the molecule is O=C(COC(=O)CCc1ccco1)NCc1ccccc1F. The molecule has 0 spiro atoms. The highest BCUT2D eigenvalue weighted by Gasteiger charge is 2.09. The van der Waals surface area contributed by atoms with Crippen molar-refractivity contribution in [3.63, 3.8) is 0 Å². The largest absolute Gasteiger partial charge is 0.469 e. The molecule has 0 unspecified atom stereocenters. The second kappa shape index (κ2) is 7.97. The third-order valence-electron chi connectivity index (χ3n) is 2.95. The predicted molar refractivity (Wildman–Crippen MR) is 76.2 cm³/mol. The fraction of sp³-hybridized carbons (Fsp3) is 0.250. The Kier molecular flexibility index (Phi) is 5.71. The van der Waals surface area contributed by atoms with Gasteiger partial charge in [0.15, 0.2) is 6.61 Å². The first-order chi connectivity index (χ1) is 10.6. The number of carbonyl (C=O) groups excluding carboxylic acids is 2. The molecule has 2 rings (SSSR count). The smallest absolute Gasteiger partial charge is 0.306 e. The van der Waals surface area contributed by atoms with E-state index in [0.717, 1.165) is 0 Å². The lowest BCUT2D eigenvalue weighted by atomic mass is 10.2. The Bertz CT molecular complexity index is 625. The Hall–Kier alpha value is -2.63. The zero-order valence-electron chi connectivity index (χ0n) is 11.9. The van der Waals surface area contributed by atoms with Crippen molar-refractivity contribution in [2.24, 2.45) is 0 Å². The summed E-state index contributed by atoms with van der Waals surface area (Å²) in [6.07, 6.45) is 2.08. The maximum atomic E-state index is 13.3. The molecule has 2 aromatic rings. The quantitative estimate of drug-likeness (QED) is 0.796. The molecule has 5 nitrogen and oxygen atoms in total. The maximum absolute atomic E-state index is 13.3. The lowest BCUT2D eigenvalue weighted by molar-refractivity contribution is -0.148. The van der Waals surface area contributed by atoms with Crippen LogP contribution in [0.4, 0.5) is 4.39 Å². The van der Waals surface area contributed by atoms with Gasteiger partial charge in [-0.05, 0) is 18.2 Å². The molecule has 1 aromatic carbocycles. The minimum atomic E-state index is -0.488. The summed E-state index contributed by atoms with van der Waals surface area (Å²) in [6.45, 7) is -0.332. The van der Waals surface area contributed by atoms with E-state index >= 15 is 0 Å². The van der Waals surface area contributed by atoms with Crippen molar-refractivity contribution in [2.45, 2.75) is 19.4 Å². The summed E-state index contributed by atoms with van der Waals surface area (Å²) in [6, 6.07) is 9.63. The predicted octanol–water partition coefficient (Wildman–Crippen LogP) is 2.21. The Labute approximate surface area is 127 Å². The molecule has 0 aliphatic rings. The molecule has 0 fully saturated rings. The van der Waals surface area contributed by atoms with E-state index in [2.05, 4.69) is 5.32 Å². The van der Waals surface area contributed by atoms with Crippen LogP contribution in [0.2, 0.25) is 0 Å². The van der Waals surface area contributed by atoms with E-state index in [1.165, 1.54) is 12.3 Å². The molecule has 1 N–H and O–H groups in total. The highest BCUT2D eigenvalue weighted by Crippen LogP contribution is 2.06. The lowest BCUT2D eigenvalue weighted by Gasteiger charge is -2.07. The van der Waals surface area contributed by atoms with Crippen LogP contribution in [-0.4, -0.2) is 18.5 Å². The van der Waals surface area contributed by atoms with Gasteiger partial charge in [-0.2, -0.15) is 0 Å². The topological polar surface area (TPSA) is 68.5 Å².